The highest BCUT2D eigenvalue weighted by Crippen LogP contribution is 2.22. The van der Waals surface area contributed by atoms with Gasteiger partial charge in [0.2, 0.25) is 11.8 Å². The van der Waals surface area contributed by atoms with Gasteiger partial charge in [0.15, 0.2) is 0 Å². The van der Waals surface area contributed by atoms with Crippen molar-refractivity contribution < 1.29 is 13.9 Å². The lowest BCUT2D eigenvalue weighted by Gasteiger charge is -2.12. The van der Waals surface area contributed by atoms with Crippen LogP contribution >= 0.6 is 11.8 Å². The molecular formula is C18H19N5O5S. The number of carbonyl (C=O) groups is 1. The molecule has 1 aromatic carbocycles. The van der Waals surface area contributed by atoms with Crippen molar-refractivity contribution in [1.29, 1.82) is 0 Å². The number of thioether (sulfide) groups is 1. The Morgan fingerprint density at radius 1 is 1.28 bits per heavy atom. The summed E-state index contributed by atoms with van der Waals surface area (Å²) >= 11 is 1.05. The summed E-state index contributed by atoms with van der Waals surface area (Å²) in [6.07, 6.45) is 0.546. The van der Waals surface area contributed by atoms with Crippen LogP contribution in [0.5, 0.6) is 0 Å². The summed E-state index contributed by atoms with van der Waals surface area (Å²) in [7, 11) is 1.55. The molecule has 0 atom stereocenters. The fourth-order valence-electron chi connectivity index (χ4n) is 2.48. The summed E-state index contributed by atoms with van der Waals surface area (Å²) < 4.78 is 11.8. The van der Waals surface area contributed by atoms with E-state index in [-0.39, 0.29) is 23.3 Å². The van der Waals surface area contributed by atoms with E-state index in [1.54, 1.807) is 7.11 Å². The standard InChI is InChI=1S/C18H19N5O5S/c1-27-9-5-8-23-13(10-14(24)20-17(23)26)19-15(25)11-29-18-22-21-16(28-18)12-6-3-2-4-7-12/h2-4,6-7,10H,5,8-9,11H2,1H3,(H,19,25)(H,20,24,26). The maximum absolute atomic E-state index is 12.3. The number of aromatic nitrogens is 4. The highest BCUT2D eigenvalue weighted by atomic mass is 32.2. The first-order valence-electron chi connectivity index (χ1n) is 8.71. The van der Waals surface area contributed by atoms with Crippen LogP contribution in [0.1, 0.15) is 6.42 Å². The molecule has 0 unspecified atom stereocenters. The van der Waals surface area contributed by atoms with Gasteiger partial charge in [0.25, 0.3) is 10.8 Å². The van der Waals surface area contributed by atoms with Crippen LogP contribution in [0.3, 0.4) is 0 Å². The van der Waals surface area contributed by atoms with E-state index >= 15 is 0 Å². The summed E-state index contributed by atoms with van der Waals surface area (Å²) in [6.45, 7) is 0.728. The number of methoxy groups -OCH3 is 1. The number of nitrogens with zero attached hydrogens (tertiary/aromatic N) is 3. The SMILES string of the molecule is COCCCn1c(NC(=O)CSc2nnc(-c3ccccc3)o2)cc(=O)[nH]c1=O. The number of hydrogen-bond donors (Lipinski definition) is 2. The van der Waals surface area contributed by atoms with Crippen molar-refractivity contribution in [3.05, 3.63) is 57.2 Å². The van der Waals surface area contributed by atoms with Gasteiger partial charge in [-0.3, -0.25) is 19.1 Å². The fraction of sp³-hybridized carbons (Fsp3) is 0.278. The van der Waals surface area contributed by atoms with E-state index in [4.69, 9.17) is 9.15 Å². The Balaban J connectivity index is 1.63. The summed E-state index contributed by atoms with van der Waals surface area (Å²) in [5.74, 6) is 0.0288. The molecule has 0 radical (unpaired) electrons. The van der Waals surface area contributed by atoms with Crippen LogP contribution in [0.15, 0.2) is 55.6 Å². The molecule has 3 aromatic rings. The van der Waals surface area contributed by atoms with Gasteiger partial charge in [0.1, 0.15) is 5.82 Å². The van der Waals surface area contributed by atoms with Gasteiger partial charge in [-0.1, -0.05) is 30.0 Å². The van der Waals surface area contributed by atoms with Gasteiger partial charge in [-0.15, -0.1) is 10.2 Å². The average molecular weight is 417 g/mol. The molecule has 0 bridgehead atoms. The van der Waals surface area contributed by atoms with E-state index in [1.807, 2.05) is 30.3 Å². The predicted octanol–water partition coefficient (Wildman–Crippen LogP) is 1.35. The van der Waals surface area contributed by atoms with Crippen LogP contribution < -0.4 is 16.6 Å². The number of aromatic amines is 1. The van der Waals surface area contributed by atoms with Crippen molar-refractivity contribution in [3.63, 3.8) is 0 Å². The van der Waals surface area contributed by atoms with E-state index in [2.05, 4.69) is 20.5 Å². The minimum absolute atomic E-state index is 0.0323. The third-order valence-electron chi connectivity index (χ3n) is 3.79. The molecule has 1 amide bonds. The lowest BCUT2D eigenvalue weighted by atomic mass is 10.2. The highest BCUT2D eigenvalue weighted by molar-refractivity contribution is 7.99. The summed E-state index contributed by atoms with van der Waals surface area (Å²) in [5, 5.41) is 10.7. The van der Waals surface area contributed by atoms with Crippen LogP contribution in [0.25, 0.3) is 11.5 Å². The zero-order chi connectivity index (χ0) is 20.6. The molecule has 2 heterocycles. The van der Waals surface area contributed by atoms with Crippen LogP contribution in [-0.2, 0) is 16.1 Å². The molecule has 0 saturated heterocycles. The third-order valence-corrected chi connectivity index (χ3v) is 4.60. The van der Waals surface area contributed by atoms with Crippen molar-refractivity contribution in [2.45, 2.75) is 18.2 Å². The van der Waals surface area contributed by atoms with Crippen molar-refractivity contribution in [2.24, 2.45) is 0 Å². The molecule has 2 aromatic heterocycles. The molecule has 0 aliphatic heterocycles. The maximum Gasteiger partial charge on any atom is 0.329 e. The minimum Gasteiger partial charge on any atom is -0.411 e. The lowest BCUT2D eigenvalue weighted by molar-refractivity contribution is -0.113. The molecule has 0 aliphatic carbocycles. The van der Waals surface area contributed by atoms with E-state index in [0.29, 0.717) is 18.9 Å². The Labute approximate surface area is 169 Å². The van der Waals surface area contributed by atoms with Gasteiger partial charge >= 0.3 is 5.69 Å². The Morgan fingerprint density at radius 3 is 2.83 bits per heavy atom. The van der Waals surface area contributed by atoms with Crippen LogP contribution in [-0.4, -0.2) is 45.1 Å². The number of nitrogens with one attached hydrogen (secondary N) is 2. The highest BCUT2D eigenvalue weighted by Gasteiger charge is 2.13. The zero-order valence-electron chi connectivity index (χ0n) is 15.6. The first-order valence-corrected chi connectivity index (χ1v) is 9.70. The Hall–Kier alpha value is -3.18. The number of anilines is 1. The van der Waals surface area contributed by atoms with Crippen LogP contribution in [0, 0.1) is 0 Å². The monoisotopic (exact) mass is 417 g/mol. The first kappa shape index (κ1) is 20.6. The van der Waals surface area contributed by atoms with Crippen molar-refractivity contribution in [2.75, 3.05) is 24.8 Å². The molecule has 2 N–H and O–H groups in total. The Bertz CT molecular complexity index is 1080. The topological polar surface area (TPSA) is 132 Å². The van der Waals surface area contributed by atoms with Gasteiger partial charge in [-0.05, 0) is 18.6 Å². The molecule has 0 saturated carbocycles. The van der Waals surface area contributed by atoms with Gasteiger partial charge in [0, 0.05) is 31.9 Å². The number of ether oxygens (including phenoxy) is 1. The molecule has 0 aliphatic rings. The van der Waals surface area contributed by atoms with Gasteiger partial charge < -0.3 is 14.5 Å². The summed E-state index contributed by atoms with van der Waals surface area (Å²) in [4.78, 5) is 38.1. The minimum atomic E-state index is -0.596. The van der Waals surface area contributed by atoms with Crippen molar-refractivity contribution >= 4 is 23.5 Å². The molecule has 11 heteroatoms. The second-order valence-electron chi connectivity index (χ2n) is 5.90. The second kappa shape index (κ2) is 9.85. The Morgan fingerprint density at radius 2 is 2.07 bits per heavy atom. The molecule has 152 valence electrons. The average Bonchev–Trinajstić information content (AvgIpc) is 3.18. The van der Waals surface area contributed by atoms with Crippen LogP contribution in [0.4, 0.5) is 5.82 Å². The molecule has 0 fully saturated rings. The van der Waals surface area contributed by atoms with Gasteiger partial charge in [-0.2, -0.15) is 0 Å². The number of amides is 1. The molecule has 10 nitrogen and oxygen atoms in total. The van der Waals surface area contributed by atoms with E-state index < -0.39 is 17.2 Å². The second-order valence-corrected chi connectivity index (χ2v) is 6.82. The molecular weight excluding hydrogens is 398 g/mol. The van der Waals surface area contributed by atoms with Gasteiger partial charge in [-0.25, -0.2) is 4.79 Å². The lowest BCUT2D eigenvalue weighted by Crippen LogP contribution is -2.33. The molecule has 29 heavy (non-hydrogen) atoms. The number of carbonyl (C=O) groups excluding carboxylic acids is 1. The fourth-order valence-corrected chi connectivity index (χ4v) is 3.05. The van der Waals surface area contributed by atoms with Crippen molar-refractivity contribution in [1.82, 2.24) is 19.7 Å². The van der Waals surface area contributed by atoms with E-state index in [1.165, 1.54) is 4.57 Å². The van der Waals surface area contributed by atoms with Crippen molar-refractivity contribution in [3.8, 4) is 11.5 Å². The third kappa shape index (κ3) is 5.65. The quantitative estimate of drug-likeness (QED) is 0.394. The van der Waals surface area contributed by atoms with Gasteiger partial charge in [0.05, 0.1) is 5.75 Å². The largest absolute Gasteiger partial charge is 0.411 e. The molecule has 3 rings (SSSR count). The maximum atomic E-state index is 12.3. The molecule has 0 spiro atoms. The normalized spacial score (nSPS) is 10.8. The van der Waals surface area contributed by atoms with Crippen LogP contribution in [0.2, 0.25) is 0 Å². The summed E-state index contributed by atoms with van der Waals surface area (Å²) in [5.41, 5.74) is -0.411. The Kier molecular flexibility index (Phi) is 6.98. The number of hydrogen-bond acceptors (Lipinski definition) is 8. The predicted molar refractivity (Wildman–Crippen MR) is 107 cm³/mol. The first-order chi connectivity index (χ1) is 14.1. The number of rotatable bonds is 9. The van der Waals surface area contributed by atoms with E-state index in [0.717, 1.165) is 23.4 Å². The van der Waals surface area contributed by atoms with E-state index in [9.17, 15) is 14.4 Å². The smallest absolute Gasteiger partial charge is 0.329 e. The summed E-state index contributed by atoms with van der Waals surface area (Å²) in [6, 6.07) is 10.4. The number of benzene rings is 1. The number of H-pyrrole nitrogens is 1. The zero-order valence-corrected chi connectivity index (χ0v) is 16.4.